The van der Waals surface area contributed by atoms with Crippen LogP contribution in [-0.2, 0) is 33.3 Å². The Morgan fingerprint density at radius 3 is 2.10 bits per heavy atom. The molecule has 0 saturated carbocycles. The van der Waals surface area contributed by atoms with Crippen LogP contribution in [0, 0.1) is 5.92 Å². The molecule has 2 N–H and O–H groups in total. The number of carbonyl (C=O) groups excluding carboxylic acids is 3. The minimum Gasteiger partial charge on any atom is -0.463 e. The van der Waals surface area contributed by atoms with E-state index in [0.29, 0.717) is 0 Å². The van der Waals surface area contributed by atoms with Gasteiger partial charge in [0.1, 0.15) is 24.9 Å². The van der Waals surface area contributed by atoms with Crippen LogP contribution in [0.15, 0.2) is 0 Å². The molecule has 0 radical (unpaired) electrons. The lowest BCUT2D eigenvalue weighted by Crippen LogP contribution is -2.60. The SMILES string of the molecule is CC(=O)OCC1OC(OC(C)=O)C(N)C(OC(C)=O)C1C. The van der Waals surface area contributed by atoms with Crippen LogP contribution in [0.2, 0.25) is 0 Å². The molecule has 0 bridgehead atoms. The van der Waals surface area contributed by atoms with Gasteiger partial charge in [-0.25, -0.2) is 0 Å². The maximum absolute atomic E-state index is 11.2. The number of rotatable bonds is 4. The summed E-state index contributed by atoms with van der Waals surface area (Å²) in [4.78, 5) is 33.2. The van der Waals surface area contributed by atoms with Crippen molar-refractivity contribution in [1.29, 1.82) is 0 Å². The zero-order valence-corrected chi connectivity index (χ0v) is 12.5. The van der Waals surface area contributed by atoms with Crippen LogP contribution in [0.4, 0.5) is 0 Å². The quantitative estimate of drug-likeness (QED) is 0.557. The highest BCUT2D eigenvalue weighted by molar-refractivity contribution is 5.67. The zero-order valence-electron chi connectivity index (χ0n) is 12.5. The first-order valence-electron chi connectivity index (χ1n) is 6.61. The molecule has 0 aromatic heterocycles. The van der Waals surface area contributed by atoms with Crippen LogP contribution in [0.1, 0.15) is 27.7 Å². The Hall–Kier alpha value is -1.67. The molecule has 1 rings (SSSR count). The van der Waals surface area contributed by atoms with Crippen molar-refractivity contribution < 1.29 is 33.3 Å². The molecule has 0 aliphatic carbocycles. The summed E-state index contributed by atoms with van der Waals surface area (Å²) in [6, 6.07) is -0.818. The van der Waals surface area contributed by atoms with E-state index in [1.807, 2.05) is 0 Å². The van der Waals surface area contributed by atoms with E-state index in [-0.39, 0.29) is 12.5 Å². The van der Waals surface area contributed by atoms with Gasteiger partial charge < -0.3 is 24.7 Å². The molecular formula is C13H21NO7. The number of esters is 3. The van der Waals surface area contributed by atoms with Gasteiger partial charge in [-0.3, -0.25) is 14.4 Å². The van der Waals surface area contributed by atoms with Gasteiger partial charge in [0.25, 0.3) is 0 Å². The maximum Gasteiger partial charge on any atom is 0.304 e. The van der Waals surface area contributed by atoms with Crippen LogP contribution in [0.5, 0.6) is 0 Å². The third kappa shape index (κ3) is 4.98. The van der Waals surface area contributed by atoms with E-state index in [2.05, 4.69) is 0 Å². The summed E-state index contributed by atoms with van der Waals surface area (Å²) >= 11 is 0. The first-order valence-corrected chi connectivity index (χ1v) is 6.61. The highest BCUT2D eigenvalue weighted by Gasteiger charge is 2.45. The fourth-order valence-corrected chi connectivity index (χ4v) is 2.14. The minimum atomic E-state index is -1.07. The monoisotopic (exact) mass is 303 g/mol. The van der Waals surface area contributed by atoms with Crippen LogP contribution in [0.3, 0.4) is 0 Å². The molecule has 1 aliphatic rings. The third-order valence-electron chi connectivity index (χ3n) is 3.14. The van der Waals surface area contributed by atoms with Gasteiger partial charge in [-0.1, -0.05) is 6.92 Å². The van der Waals surface area contributed by atoms with E-state index >= 15 is 0 Å². The van der Waals surface area contributed by atoms with Gasteiger partial charge in [0.2, 0.25) is 6.29 Å². The van der Waals surface area contributed by atoms with Crippen LogP contribution in [-0.4, -0.2) is 49.1 Å². The number of hydrogen-bond donors (Lipinski definition) is 1. The minimum absolute atomic E-state index is 0.0429. The Labute approximate surface area is 122 Å². The molecule has 1 heterocycles. The lowest BCUT2D eigenvalue weighted by atomic mass is 9.89. The summed E-state index contributed by atoms with van der Waals surface area (Å²) < 4.78 is 20.6. The molecule has 1 fully saturated rings. The van der Waals surface area contributed by atoms with Gasteiger partial charge in [-0.05, 0) is 0 Å². The normalized spacial score (nSPS) is 32.1. The second kappa shape index (κ2) is 7.37. The molecule has 1 aliphatic heterocycles. The van der Waals surface area contributed by atoms with Gasteiger partial charge in [0.15, 0.2) is 0 Å². The largest absolute Gasteiger partial charge is 0.463 e. The number of carbonyl (C=O) groups is 3. The Morgan fingerprint density at radius 2 is 1.62 bits per heavy atom. The molecular weight excluding hydrogens is 282 g/mol. The predicted octanol–water partition coefficient (Wildman–Crippen LogP) is -0.267. The van der Waals surface area contributed by atoms with Crippen molar-refractivity contribution in [3.63, 3.8) is 0 Å². The average Bonchev–Trinajstić information content (AvgIpc) is 2.35. The topological polar surface area (TPSA) is 114 Å². The fourth-order valence-electron chi connectivity index (χ4n) is 2.14. The predicted molar refractivity (Wildman–Crippen MR) is 69.8 cm³/mol. The van der Waals surface area contributed by atoms with Crippen molar-refractivity contribution in [2.75, 3.05) is 6.61 Å². The summed E-state index contributed by atoms with van der Waals surface area (Å²) in [5.41, 5.74) is 5.94. The molecule has 5 unspecified atom stereocenters. The molecule has 21 heavy (non-hydrogen) atoms. The number of nitrogens with two attached hydrogens (primary N) is 1. The molecule has 0 amide bonds. The van der Waals surface area contributed by atoms with Crippen molar-refractivity contribution in [3.05, 3.63) is 0 Å². The number of hydrogen-bond acceptors (Lipinski definition) is 8. The number of ether oxygens (including phenoxy) is 4. The van der Waals surface area contributed by atoms with E-state index < -0.39 is 42.4 Å². The molecule has 0 spiro atoms. The van der Waals surface area contributed by atoms with Gasteiger partial charge in [-0.2, -0.15) is 0 Å². The summed E-state index contributed by atoms with van der Waals surface area (Å²) in [6.07, 6.45) is -2.37. The standard InChI is InChI=1S/C13H21NO7/c1-6-10(5-18-7(2)15)21-13(20-9(4)17)11(14)12(6)19-8(3)16/h6,10-13H,5,14H2,1-4H3. The van der Waals surface area contributed by atoms with E-state index in [0.717, 1.165) is 0 Å². The molecule has 8 heteroatoms. The van der Waals surface area contributed by atoms with Crippen LogP contribution >= 0.6 is 0 Å². The van der Waals surface area contributed by atoms with E-state index in [1.165, 1.54) is 20.8 Å². The van der Waals surface area contributed by atoms with E-state index in [4.69, 9.17) is 24.7 Å². The Morgan fingerprint density at radius 1 is 1.05 bits per heavy atom. The van der Waals surface area contributed by atoms with Crippen molar-refractivity contribution in [3.8, 4) is 0 Å². The van der Waals surface area contributed by atoms with Crippen LogP contribution in [0.25, 0.3) is 0 Å². The molecule has 0 aromatic carbocycles. The average molecular weight is 303 g/mol. The lowest BCUT2D eigenvalue weighted by Gasteiger charge is -2.42. The Kier molecular flexibility index (Phi) is 6.10. The summed E-state index contributed by atoms with van der Waals surface area (Å²) in [5, 5.41) is 0. The third-order valence-corrected chi connectivity index (χ3v) is 3.14. The lowest BCUT2D eigenvalue weighted by molar-refractivity contribution is -0.248. The van der Waals surface area contributed by atoms with Gasteiger partial charge in [0.05, 0.1) is 0 Å². The van der Waals surface area contributed by atoms with Crippen LogP contribution < -0.4 is 5.73 Å². The second-order valence-corrected chi connectivity index (χ2v) is 4.97. The van der Waals surface area contributed by atoms with Gasteiger partial charge >= 0.3 is 17.9 Å². The molecule has 1 saturated heterocycles. The van der Waals surface area contributed by atoms with Crippen molar-refractivity contribution in [2.24, 2.45) is 11.7 Å². The smallest absolute Gasteiger partial charge is 0.304 e. The first-order chi connectivity index (χ1) is 9.72. The molecule has 5 atom stereocenters. The highest BCUT2D eigenvalue weighted by Crippen LogP contribution is 2.28. The zero-order chi connectivity index (χ0) is 16.2. The summed E-state index contributed by atoms with van der Waals surface area (Å²) in [7, 11) is 0. The summed E-state index contributed by atoms with van der Waals surface area (Å²) in [5.74, 6) is -1.86. The highest BCUT2D eigenvalue weighted by atomic mass is 16.7. The van der Waals surface area contributed by atoms with E-state index in [9.17, 15) is 14.4 Å². The van der Waals surface area contributed by atoms with Gasteiger partial charge in [-0.15, -0.1) is 0 Å². The molecule has 0 aromatic rings. The Balaban J connectivity index is 2.86. The Bertz CT molecular complexity index is 411. The van der Waals surface area contributed by atoms with Crippen molar-refractivity contribution in [1.82, 2.24) is 0 Å². The van der Waals surface area contributed by atoms with E-state index in [1.54, 1.807) is 6.92 Å². The maximum atomic E-state index is 11.2. The van der Waals surface area contributed by atoms with Crippen molar-refractivity contribution in [2.45, 2.75) is 52.2 Å². The molecule has 8 nitrogen and oxygen atoms in total. The molecule has 120 valence electrons. The van der Waals surface area contributed by atoms with Crippen molar-refractivity contribution >= 4 is 17.9 Å². The second-order valence-electron chi connectivity index (χ2n) is 4.97. The van der Waals surface area contributed by atoms with Gasteiger partial charge in [0, 0.05) is 26.7 Å². The fraction of sp³-hybridized carbons (Fsp3) is 0.769. The summed E-state index contributed by atoms with van der Waals surface area (Å²) in [6.45, 7) is 5.46. The first kappa shape index (κ1) is 17.4.